The fourth-order valence-corrected chi connectivity index (χ4v) is 6.05. The van der Waals surface area contributed by atoms with Crippen molar-refractivity contribution in [2.24, 2.45) is 0 Å². The Morgan fingerprint density at radius 2 is 1.45 bits per heavy atom. The Kier molecular flexibility index (Phi) is 2.77. The van der Waals surface area contributed by atoms with Crippen LogP contribution in [0.15, 0.2) is 85.2 Å². The van der Waals surface area contributed by atoms with Crippen molar-refractivity contribution in [3.63, 3.8) is 0 Å². The fraction of sp³-hybridized carbons (Fsp3) is 0.0690. The summed E-state index contributed by atoms with van der Waals surface area (Å²) in [5.41, 5.74) is 13.6. The second-order valence-corrected chi connectivity index (χ2v) is 8.80. The molecule has 0 fully saturated rings. The zero-order valence-electron chi connectivity index (χ0n) is 16.9. The van der Waals surface area contributed by atoms with Crippen LogP contribution >= 0.6 is 0 Å². The van der Waals surface area contributed by atoms with E-state index in [0.29, 0.717) is 0 Å². The molecule has 0 bridgehead atoms. The van der Waals surface area contributed by atoms with E-state index in [1.807, 2.05) is 6.20 Å². The van der Waals surface area contributed by atoms with Crippen LogP contribution in [0.3, 0.4) is 0 Å². The minimum Gasteiger partial charge on any atom is -0.299 e. The van der Waals surface area contributed by atoms with E-state index in [9.17, 15) is 0 Å². The van der Waals surface area contributed by atoms with Crippen LogP contribution in [-0.4, -0.2) is 9.38 Å². The van der Waals surface area contributed by atoms with Gasteiger partial charge in [-0.1, -0.05) is 66.7 Å². The lowest BCUT2D eigenvalue weighted by molar-refractivity contribution is 1.24. The summed E-state index contributed by atoms with van der Waals surface area (Å²) in [6.07, 6.45) is 6.03. The maximum Gasteiger partial charge on any atom is 0.145 e. The van der Waals surface area contributed by atoms with Gasteiger partial charge in [0.05, 0.1) is 5.52 Å². The molecule has 2 nitrogen and oxygen atoms in total. The minimum atomic E-state index is 0.990. The SMILES string of the molecule is c1ccc2c(c1)Cc1c-2ccc2c1c1c3c(ccc1c1nccn21)Cc1ccccc1-3. The third-order valence-corrected chi connectivity index (χ3v) is 7.32. The maximum atomic E-state index is 4.77. The molecule has 0 saturated carbocycles. The van der Waals surface area contributed by atoms with Crippen molar-refractivity contribution in [1.29, 1.82) is 0 Å². The van der Waals surface area contributed by atoms with Crippen molar-refractivity contribution < 1.29 is 0 Å². The van der Waals surface area contributed by atoms with E-state index in [4.69, 9.17) is 4.98 Å². The Hall–Kier alpha value is -3.91. The van der Waals surface area contributed by atoms with Crippen LogP contribution in [0.4, 0.5) is 0 Å². The van der Waals surface area contributed by atoms with E-state index >= 15 is 0 Å². The zero-order valence-corrected chi connectivity index (χ0v) is 16.9. The molecule has 6 aromatic rings. The predicted octanol–water partition coefficient (Wildman–Crippen LogP) is 6.78. The van der Waals surface area contributed by atoms with Gasteiger partial charge in [-0.15, -0.1) is 0 Å². The first kappa shape index (κ1) is 15.9. The third kappa shape index (κ3) is 1.87. The monoisotopic (exact) mass is 394 g/mol. The highest BCUT2D eigenvalue weighted by Gasteiger charge is 2.27. The molecule has 2 aliphatic rings. The highest BCUT2D eigenvalue weighted by molar-refractivity contribution is 6.21. The smallest absolute Gasteiger partial charge is 0.145 e. The summed E-state index contributed by atoms with van der Waals surface area (Å²) in [5, 5.41) is 4.01. The minimum absolute atomic E-state index is 0.990. The van der Waals surface area contributed by atoms with Crippen LogP contribution in [0.25, 0.3) is 49.6 Å². The van der Waals surface area contributed by atoms with Crippen molar-refractivity contribution in [2.75, 3.05) is 0 Å². The van der Waals surface area contributed by atoms with Crippen LogP contribution in [0, 0.1) is 0 Å². The Balaban J connectivity index is 1.65. The Labute approximate surface area is 179 Å². The number of fused-ring (bicyclic) bond motifs is 14. The average molecular weight is 394 g/mol. The lowest BCUT2D eigenvalue weighted by Gasteiger charge is -2.16. The van der Waals surface area contributed by atoms with E-state index in [2.05, 4.69) is 83.4 Å². The van der Waals surface area contributed by atoms with Gasteiger partial charge in [0.15, 0.2) is 0 Å². The van der Waals surface area contributed by atoms with Gasteiger partial charge < -0.3 is 0 Å². The summed E-state index contributed by atoms with van der Waals surface area (Å²) >= 11 is 0. The van der Waals surface area contributed by atoms with E-state index < -0.39 is 0 Å². The van der Waals surface area contributed by atoms with Crippen molar-refractivity contribution in [3.05, 3.63) is 107 Å². The summed E-state index contributed by atoms with van der Waals surface area (Å²) in [5.74, 6) is 0. The van der Waals surface area contributed by atoms with Gasteiger partial charge in [-0.25, -0.2) is 4.98 Å². The molecule has 144 valence electrons. The lowest BCUT2D eigenvalue weighted by Crippen LogP contribution is -1.96. The molecule has 0 saturated heterocycles. The summed E-state index contributed by atoms with van der Waals surface area (Å²) in [6.45, 7) is 0. The number of aromatic nitrogens is 2. The molecule has 4 aromatic carbocycles. The molecule has 2 heterocycles. The molecule has 31 heavy (non-hydrogen) atoms. The molecular weight excluding hydrogens is 376 g/mol. The zero-order chi connectivity index (χ0) is 20.1. The molecule has 8 rings (SSSR count). The van der Waals surface area contributed by atoms with Crippen LogP contribution in [-0.2, 0) is 12.8 Å². The first-order chi connectivity index (χ1) is 15.4. The molecular formula is C29H18N2. The summed E-state index contributed by atoms with van der Waals surface area (Å²) in [7, 11) is 0. The molecule has 0 N–H and O–H groups in total. The number of hydrogen-bond donors (Lipinski definition) is 0. The topological polar surface area (TPSA) is 17.3 Å². The third-order valence-electron chi connectivity index (χ3n) is 7.32. The molecule has 0 atom stereocenters. The van der Waals surface area contributed by atoms with Gasteiger partial charge in [0, 0.05) is 28.6 Å². The quantitative estimate of drug-likeness (QED) is 0.259. The average Bonchev–Trinajstić information content (AvgIpc) is 3.53. The molecule has 0 spiro atoms. The largest absolute Gasteiger partial charge is 0.299 e. The Bertz CT molecular complexity index is 1740. The van der Waals surface area contributed by atoms with Gasteiger partial charge in [-0.3, -0.25) is 4.40 Å². The second-order valence-electron chi connectivity index (χ2n) is 8.80. The van der Waals surface area contributed by atoms with Crippen LogP contribution in [0.1, 0.15) is 22.3 Å². The number of benzene rings is 4. The Morgan fingerprint density at radius 1 is 0.645 bits per heavy atom. The second kappa shape index (κ2) is 5.41. The number of pyridine rings is 1. The van der Waals surface area contributed by atoms with E-state index in [0.717, 1.165) is 18.5 Å². The maximum absolute atomic E-state index is 4.77. The summed E-state index contributed by atoms with van der Waals surface area (Å²) in [4.78, 5) is 4.77. The highest BCUT2D eigenvalue weighted by atomic mass is 15.0. The van der Waals surface area contributed by atoms with Crippen LogP contribution in [0.5, 0.6) is 0 Å². The van der Waals surface area contributed by atoms with Crippen molar-refractivity contribution in [1.82, 2.24) is 9.38 Å². The normalized spacial score (nSPS) is 13.5. The van der Waals surface area contributed by atoms with Gasteiger partial charge in [0.2, 0.25) is 0 Å². The fourth-order valence-electron chi connectivity index (χ4n) is 6.05. The number of rotatable bonds is 0. The molecule has 0 radical (unpaired) electrons. The first-order valence-corrected chi connectivity index (χ1v) is 10.9. The first-order valence-electron chi connectivity index (χ1n) is 10.9. The molecule has 0 aliphatic heterocycles. The lowest BCUT2D eigenvalue weighted by atomic mass is 9.91. The number of nitrogens with zero attached hydrogens (tertiary/aromatic N) is 2. The molecule has 0 unspecified atom stereocenters. The molecule has 2 aliphatic carbocycles. The molecule has 2 heteroatoms. The van der Waals surface area contributed by atoms with Crippen LogP contribution in [0.2, 0.25) is 0 Å². The van der Waals surface area contributed by atoms with Crippen molar-refractivity contribution in [2.45, 2.75) is 12.8 Å². The van der Waals surface area contributed by atoms with Crippen molar-refractivity contribution >= 4 is 27.3 Å². The van der Waals surface area contributed by atoms with Gasteiger partial charge in [-0.2, -0.15) is 0 Å². The van der Waals surface area contributed by atoms with E-state index in [1.54, 1.807) is 0 Å². The van der Waals surface area contributed by atoms with Gasteiger partial charge >= 0.3 is 0 Å². The highest BCUT2D eigenvalue weighted by Crippen LogP contribution is 2.48. The molecule has 0 amide bonds. The number of hydrogen-bond acceptors (Lipinski definition) is 1. The predicted molar refractivity (Wildman–Crippen MR) is 127 cm³/mol. The van der Waals surface area contributed by atoms with E-state index in [1.165, 1.54) is 66.2 Å². The summed E-state index contributed by atoms with van der Waals surface area (Å²) < 4.78 is 2.27. The molecule has 2 aromatic heterocycles. The van der Waals surface area contributed by atoms with Crippen LogP contribution < -0.4 is 0 Å². The van der Waals surface area contributed by atoms with Gasteiger partial charge in [0.25, 0.3) is 0 Å². The number of imidazole rings is 1. The Morgan fingerprint density at radius 3 is 2.35 bits per heavy atom. The van der Waals surface area contributed by atoms with Gasteiger partial charge in [-0.05, 0) is 63.4 Å². The standard InChI is InChI=1S/C29H18N2/c1-3-7-20-18(6-1)16-24-22(20)11-12-25-27(24)28-23(29-30-13-14-31(25)29)10-9-19-15-17-5-2-4-8-21(17)26(19)28/h1-14H,15-16H2. The van der Waals surface area contributed by atoms with Crippen molar-refractivity contribution in [3.8, 4) is 22.3 Å². The van der Waals surface area contributed by atoms with E-state index in [-0.39, 0.29) is 0 Å². The van der Waals surface area contributed by atoms with Gasteiger partial charge in [0.1, 0.15) is 5.65 Å². The summed E-state index contributed by atoms with van der Waals surface area (Å²) in [6, 6.07) is 27.0.